The number of carbonyl (C=O) groups is 1. The van der Waals surface area contributed by atoms with Gasteiger partial charge in [-0.25, -0.2) is 4.98 Å². The minimum Gasteiger partial charge on any atom is -0.489 e. The lowest BCUT2D eigenvalue weighted by Gasteiger charge is -2.14. The Morgan fingerprint density at radius 1 is 1.03 bits per heavy atom. The molecule has 0 radical (unpaired) electrons. The second kappa shape index (κ2) is 9.33. The van der Waals surface area contributed by atoms with Gasteiger partial charge in [0, 0.05) is 34.5 Å². The second-order valence-electron chi connectivity index (χ2n) is 6.76. The lowest BCUT2D eigenvalue weighted by atomic mass is 10.1. The van der Waals surface area contributed by atoms with Crippen molar-refractivity contribution in [3.8, 4) is 17.0 Å². The molecule has 6 heteroatoms. The van der Waals surface area contributed by atoms with Gasteiger partial charge in [-0.05, 0) is 37.3 Å². The molecule has 0 fully saturated rings. The van der Waals surface area contributed by atoms with E-state index in [-0.39, 0.29) is 11.9 Å². The molecule has 0 saturated carbocycles. The maximum Gasteiger partial charge on any atom is 0.252 e. The first-order valence-electron chi connectivity index (χ1n) is 9.63. The molecule has 2 aromatic carbocycles. The molecule has 0 bridgehead atoms. The highest BCUT2D eigenvalue weighted by molar-refractivity contribution is 7.10. The van der Waals surface area contributed by atoms with E-state index < -0.39 is 0 Å². The average Bonchev–Trinajstić information content (AvgIpc) is 3.30. The van der Waals surface area contributed by atoms with E-state index in [1.54, 1.807) is 12.4 Å². The predicted molar refractivity (Wildman–Crippen MR) is 118 cm³/mol. The third kappa shape index (κ3) is 4.72. The zero-order valence-electron chi connectivity index (χ0n) is 16.5. The Balaban J connectivity index is 1.44. The molecular weight excluding hydrogens is 394 g/mol. The van der Waals surface area contributed by atoms with Crippen molar-refractivity contribution in [3.63, 3.8) is 0 Å². The quantitative estimate of drug-likeness (QED) is 0.446. The van der Waals surface area contributed by atoms with Crippen LogP contribution in [0.4, 0.5) is 0 Å². The Morgan fingerprint density at radius 3 is 2.57 bits per heavy atom. The van der Waals surface area contributed by atoms with Crippen LogP contribution in [0.15, 0.2) is 84.5 Å². The van der Waals surface area contributed by atoms with Crippen molar-refractivity contribution in [2.45, 2.75) is 19.6 Å². The van der Waals surface area contributed by atoms with Crippen molar-refractivity contribution >= 4 is 17.2 Å². The van der Waals surface area contributed by atoms with E-state index in [1.165, 1.54) is 11.3 Å². The highest BCUT2D eigenvalue weighted by Crippen LogP contribution is 2.25. The van der Waals surface area contributed by atoms with Gasteiger partial charge in [-0.1, -0.05) is 36.4 Å². The molecule has 0 aliphatic heterocycles. The van der Waals surface area contributed by atoms with Gasteiger partial charge in [0.2, 0.25) is 0 Å². The molecule has 150 valence electrons. The van der Waals surface area contributed by atoms with Crippen molar-refractivity contribution in [1.82, 2.24) is 15.3 Å². The Kier molecular flexibility index (Phi) is 6.15. The molecule has 1 atom stereocenters. The largest absolute Gasteiger partial charge is 0.489 e. The topological polar surface area (TPSA) is 64.1 Å². The van der Waals surface area contributed by atoms with Crippen LogP contribution in [-0.2, 0) is 6.61 Å². The summed E-state index contributed by atoms with van der Waals surface area (Å²) < 4.78 is 5.83. The van der Waals surface area contributed by atoms with Crippen LogP contribution in [0.3, 0.4) is 0 Å². The number of nitrogens with one attached hydrogen (secondary N) is 1. The number of carbonyl (C=O) groups excluding carboxylic acids is 1. The van der Waals surface area contributed by atoms with E-state index in [2.05, 4.69) is 15.3 Å². The first-order chi connectivity index (χ1) is 14.7. The lowest BCUT2D eigenvalue weighted by Crippen LogP contribution is -2.27. The second-order valence-corrected chi connectivity index (χ2v) is 7.65. The van der Waals surface area contributed by atoms with Crippen LogP contribution in [0.25, 0.3) is 11.3 Å². The minimum absolute atomic E-state index is 0.143. The molecule has 5 nitrogen and oxygen atoms in total. The summed E-state index contributed by atoms with van der Waals surface area (Å²) in [6.45, 7) is 2.27. The summed E-state index contributed by atoms with van der Waals surface area (Å²) in [7, 11) is 0. The van der Waals surface area contributed by atoms with Crippen LogP contribution in [0.5, 0.6) is 5.75 Å². The van der Waals surface area contributed by atoms with Gasteiger partial charge in [0.05, 0.1) is 11.7 Å². The maximum atomic E-state index is 12.9. The molecule has 1 unspecified atom stereocenters. The number of rotatable bonds is 7. The number of thiazole rings is 1. The zero-order valence-corrected chi connectivity index (χ0v) is 17.3. The highest BCUT2D eigenvalue weighted by Gasteiger charge is 2.17. The highest BCUT2D eigenvalue weighted by atomic mass is 32.1. The lowest BCUT2D eigenvalue weighted by molar-refractivity contribution is 0.0937. The van der Waals surface area contributed by atoms with Crippen molar-refractivity contribution in [2.75, 3.05) is 0 Å². The number of benzene rings is 2. The summed E-state index contributed by atoms with van der Waals surface area (Å²) in [5, 5.41) is 5.91. The monoisotopic (exact) mass is 415 g/mol. The summed E-state index contributed by atoms with van der Waals surface area (Å²) in [6.07, 6.45) is 3.49. The molecule has 0 saturated heterocycles. The van der Waals surface area contributed by atoms with Gasteiger partial charge in [0.1, 0.15) is 17.4 Å². The Labute approximate surface area is 179 Å². The van der Waals surface area contributed by atoms with Gasteiger partial charge < -0.3 is 10.1 Å². The predicted octanol–water partition coefficient (Wildman–Crippen LogP) is 5.28. The molecule has 1 amide bonds. The van der Waals surface area contributed by atoms with Crippen molar-refractivity contribution < 1.29 is 9.53 Å². The number of aromatic nitrogens is 2. The molecule has 2 heterocycles. The van der Waals surface area contributed by atoms with Crippen LogP contribution >= 0.6 is 11.3 Å². The van der Waals surface area contributed by atoms with E-state index in [4.69, 9.17) is 4.74 Å². The van der Waals surface area contributed by atoms with E-state index >= 15 is 0 Å². The Morgan fingerprint density at radius 2 is 1.77 bits per heavy atom. The fourth-order valence-corrected chi connectivity index (χ4v) is 3.86. The number of para-hydroxylation sites is 1. The molecule has 0 spiro atoms. The smallest absolute Gasteiger partial charge is 0.252 e. The van der Waals surface area contributed by atoms with E-state index in [0.717, 1.165) is 27.6 Å². The van der Waals surface area contributed by atoms with E-state index in [0.29, 0.717) is 12.2 Å². The number of amides is 1. The number of pyridine rings is 1. The average molecular weight is 416 g/mol. The molecule has 4 rings (SSSR count). The molecule has 2 aromatic heterocycles. The molecule has 30 heavy (non-hydrogen) atoms. The fraction of sp³-hybridized carbons (Fsp3) is 0.125. The summed E-state index contributed by atoms with van der Waals surface area (Å²) in [6, 6.07) is 20.7. The number of ether oxygens (including phenoxy) is 1. The van der Waals surface area contributed by atoms with Crippen LogP contribution in [-0.4, -0.2) is 15.9 Å². The number of hydrogen-bond donors (Lipinski definition) is 1. The first kappa shape index (κ1) is 19.8. The summed E-state index contributed by atoms with van der Waals surface area (Å²) >= 11 is 1.53. The van der Waals surface area contributed by atoms with Gasteiger partial charge in [-0.3, -0.25) is 9.78 Å². The summed E-state index contributed by atoms with van der Waals surface area (Å²) in [5.74, 6) is 0.628. The maximum absolute atomic E-state index is 12.9. The van der Waals surface area contributed by atoms with Crippen LogP contribution in [0.1, 0.15) is 33.9 Å². The van der Waals surface area contributed by atoms with Gasteiger partial charge in [0.25, 0.3) is 5.91 Å². The van der Waals surface area contributed by atoms with Crippen LogP contribution < -0.4 is 10.1 Å². The van der Waals surface area contributed by atoms with Gasteiger partial charge in [0.15, 0.2) is 0 Å². The number of nitrogens with zero attached hydrogens (tertiary/aromatic N) is 2. The van der Waals surface area contributed by atoms with Crippen LogP contribution in [0, 0.1) is 0 Å². The summed E-state index contributed by atoms with van der Waals surface area (Å²) in [5.41, 5.74) is 3.33. The van der Waals surface area contributed by atoms with Crippen molar-refractivity contribution in [1.29, 1.82) is 0 Å². The Bertz CT molecular complexity index is 1110. The first-order valence-corrected chi connectivity index (χ1v) is 10.5. The SMILES string of the molecule is CC(NC(=O)c1ccccc1COc1ccccc1)c1nc(-c2ccncc2)cs1. The van der Waals surface area contributed by atoms with Gasteiger partial charge >= 0.3 is 0 Å². The number of hydrogen-bond acceptors (Lipinski definition) is 5. The van der Waals surface area contributed by atoms with Gasteiger partial charge in [-0.15, -0.1) is 11.3 Å². The molecule has 1 N–H and O–H groups in total. The Hall–Kier alpha value is -3.51. The molecule has 0 aliphatic carbocycles. The van der Waals surface area contributed by atoms with E-state index in [9.17, 15) is 4.79 Å². The molecule has 4 aromatic rings. The third-order valence-corrected chi connectivity index (χ3v) is 5.64. The molecular formula is C24H21N3O2S. The van der Waals surface area contributed by atoms with E-state index in [1.807, 2.05) is 79.0 Å². The van der Waals surface area contributed by atoms with Gasteiger partial charge in [-0.2, -0.15) is 0 Å². The minimum atomic E-state index is -0.207. The standard InChI is InChI=1S/C24H21N3O2S/c1-17(24-27-22(16-30-24)18-11-13-25-14-12-18)26-23(28)21-10-6-5-7-19(21)15-29-20-8-3-2-4-9-20/h2-14,16-17H,15H2,1H3,(H,26,28). The summed E-state index contributed by atoms with van der Waals surface area (Å²) in [4.78, 5) is 21.7. The fourth-order valence-electron chi connectivity index (χ4n) is 3.02. The van der Waals surface area contributed by atoms with Crippen LogP contribution in [0.2, 0.25) is 0 Å². The third-order valence-electron chi connectivity index (χ3n) is 4.62. The zero-order chi connectivity index (χ0) is 20.8. The normalized spacial score (nSPS) is 11.6. The molecule has 0 aliphatic rings. The van der Waals surface area contributed by atoms with Crippen molar-refractivity contribution in [3.05, 3.63) is 101 Å². The van der Waals surface area contributed by atoms with Crippen molar-refractivity contribution in [2.24, 2.45) is 0 Å².